The zero-order valence-electron chi connectivity index (χ0n) is 13.4. The maximum Gasteiger partial charge on any atom is 0.161 e. The van der Waals surface area contributed by atoms with E-state index in [0.717, 1.165) is 40.6 Å². The minimum Gasteiger partial charge on any atom is -0.491 e. The molecule has 0 aliphatic carbocycles. The van der Waals surface area contributed by atoms with Crippen molar-refractivity contribution in [3.05, 3.63) is 35.5 Å². The van der Waals surface area contributed by atoms with Gasteiger partial charge in [-0.05, 0) is 39.3 Å². The zero-order valence-corrected chi connectivity index (χ0v) is 13.4. The number of aromatic nitrogens is 2. The lowest BCUT2D eigenvalue weighted by molar-refractivity contribution is 0.242. The van der Waals surface area contributed by atoms with Crippen molar-refractivity contribution in [3.8, 4) is 17.1 Å². The largest absolute Gasteiger partial charge is 0.491 e. The van der Waals surface area contributed by atoms with Gasteiger partial charge in [-0.2, -0.15) is 0 Å². The van der Waals surface area contributed by atoms with Gasteiger partial charge in [0.15, 0.2) is 5.82 Å². The van der Waals surface area contributed by atoms with Gasteiger partial charge >= 0.3 is 0 Å². The van der Waals surface area contributed by atoms with Crippen molar-refractivity contribution in [2.75, 3.05) is 12.4 Å². The summed E-state index contributed by atoms with van der Waals surface area (Å²) < 4.78 is 5.74. The molecule has 4 nitrogen and oxygen atoms in total. The van der Waals surface area contributed by atoms with Crippen LogP contribution in [0.3, 0.4) is 0 Å². The van der Waals surface area contributed by atoms with Gasteiger partial charge in [0.2, 0.25) is 0 Å². The van der Waals surface area contributed by atoms with Crippen LogP contribution in [0.1, 0.15) is 32.0 Å². The van der Waals surface area contributed by atoms with Gasteiger partial charge in [0, 0.05) is 23.9 Å². The second kappa shape index (κ2) is 6.57. The van der Waals surface area contributed by atoms with Crippen molar-refractivity contribution in [1.82, 2.24) is 9.97 Å². The van der Waals surface area contributed by atoms with E-state index in [1.54, 1.807) is 0 Å². The third-order valence-electron chi connectivity index (χ3n) is 3.28. The lowest BCUT2D eigenvalue weighted by Gasteiger charge is -2.13. The quantitative estimate of drug-likeness (QED) is 0.906. The second-order valence-corrected chi connectivity index (χ2v) is 5.27. The summed E-state index contributed by atoms with van der Waals surface area (Å²) in [7, 11) is 1.89. The molecule has 1 heterocycles. The Kier molecular flexibility index (Phi) is 4.78. The molecule has 4 heteroatoms. The van der Waals surface area contributed by atoms with Gasteiger partial charge in [-0.15, -0.1) is 0 Å². The van der Waals surface area contributed by atoms with Gasteiger partial charge in [0.1, 0.15) is 11.6 Å². The van der Waals surface area contributed by atoms with Gasteiger partial charge < -0.3 is 10.1 Å². The van der Waals surface area contributed by atoms with E-state index >= 15 is 0 Å². The van der Waals surface area contributed by atoms with E-state index in [1.165, 1.54) is 0 Å². The number of ether oxygens (including phenoxy) is 1. The van der Waals surface area contributed by atoms with E-state index in [4.69, 9.17) is 4.74 Å². The topological polar surface area (TPSA) is 47.0 Å². The molecule has 1 aromatic carbocycles. The molecule has 0 saturated heterocycles. The molecule has 112 valence electrons. The first-order valence-corrected chi connectivity index (χ1v) is 7.37. The van der Waals surface area contributed by atoms with Crippen LogP contribution >= 0.6 is 0 Å². The number of anilines is 1. The molecule has 0 aliphatic rings. The number of hydrogen-bond acceptors (Lipinski definition) is 4. The summed E-state index contributed by atoms with van der Waals surface area (Å²) in [5.41, 5.74) is 3.15. The normalized spacial score (nSPS) is 10.8. The molecule has 0 unspecified atom stereocenters. The van der Waals surface area contributed by atoms with Gasteiger partial charge in [-0.3, -0.25) is 0 Å². The van der Waals surface area contributed by atoms with Crippen LogP contribution in [0.4, 0.5) is 5.82 Å². The molecule has 0 bridgehead atoms. The van der Waals surface area contributed by atoms with Gasteiger partial charge in [-0.25, -0.2) is 9.97 Å². The Bertz CT molecular complexity index is 598. The molecule has 0 aliphatic heterocycles. The van der Waals surface area contributed by atoms with Gasteiger partial charge in [0.05, 0.1) is 6.10 Å². The average molecular weight is 285 g/mol. The molecule has 0 saturated carbocycles. The van der Waals surface area contributed by atoms with Crippen LogP contribution in [0.15, 0.2) is 24.3 Å². The summed E-state index contributed by atoms with van der Waals surface area (Å²) in [4.78, 5) is 9.30. The van der Waals surface area contributed by atoms with Crippen LogP contribution in [0.5, 0.6) is 5.75 Å². The van der Waals surface area contributed by atoms with Crippen molar-refractivity contribution in [2.45, 2.75) is 40.2 Å². The molecular weight excluding hydrogens is 262 g/mol. The van der Waals surface area contributed by atoms with E-state index in [2.05, 4.69) is 22.2 Å². The lowest BCUT2D eigenvalue weighted by atomic mass is 10.1. The number of rotatable bonds is 5. The predicted molar refractivity (Wildman–Crippen MR) is 86.9 cm³/mol. The fraction of sp³-hybridized carbons (Fsp3) is 0.412. The number of nitrogens with one attached hydrogen (secondary N) is 1. The van der Waals surface area contributed by atoms with Crippen LogP contribution in [-0.4, -0.2) is 23.1 Å². The first-order valence-electron chi connectivity index (χ1n) is 7.37. The highest BCUT2D eigenvalue weighted by Gasteiger charge is 2.11. The first kappa shape index (κ1) is 15.3. The summed E-state index contributed by atoms with van der Waals surface area (Å²) in [6, 6.07) is 7.93. The number of aryl methyl sites for hydroxylation is 1. The SMILES string of the molecule is CCc1nc(-c2cccc(OC(C)C)c2)nc(NC)c1C. The van der Waals surface area contributed by atoms with Crippen LogP contribution in [0.2, 0.25) is 0 Å². The lowest BCUT2D eigenvalue weighted by Crippen LogP contribution is -2.06. The molecule has 0 atom stereocenters. The predicted octanol–water partition coefficient (Wildman–Crippen LogP) is 3.84. The summed E-state index contributed by atoms with van der Waals surface area (Å²) in [5.74, 6) is 2.46. The van der Waals surface area contributed by atoms with Crippen molar-refractivity contribution in [1.29, 1.82) is 0 Å². The summed E-state index contributed by atoms with van der Waals surface area (Å²) >= 11 is 0. The maximum absolute atomic E-state index is 5.74. The van der Waals surface area contributed by atoms with Crippen LogP contribution < -0.4 is 10.1 Å². The molecule has 21 heavy (non-hydrogen) atoms. The summed E-state index contributed by atoms with van der Waals surface area (Å²) in [6.07, 6.45) is 1.04. The highest BCUT2D eigenvalue weighted by molar-refractivity contribution is 5.61. The fourth-order valence-corrected chi connectivity index (χ4v) is 2.26. The monoisotopic (exact) mass is 285 g/mol. The Morgan fingerprint density at radius 3 is 2.62 bits per heavy atom. The summed E-state index contributed by atoms with van der Waals surface area (Å²) in [6.45, 7) is 8.19. The molecule has 2 rings (SSSR count). The minimum absolute atomic E-state index is 0.151. The highest BCUT2D eigenvalue weighted by Crippen LogP contribution is 2.25. The van der Waals surface area contributed by atoms with Crippen molar-refractivity contribution in [2.24, 2.45) is 0 Å². The van der Waals surface area contributed by atoms with Crippen LogP contribution in [0.25, 0.3) is 11.4 Å². The molecule has 0 amide bonds. The smallest absolute Gasteiger partial charge is 0.161 e. The molecule has 1 aromatic heterocycles. The molecule has 2 aromatic rings. The minimum atomic E-state index is 0.151. The van der Waals surface area contributed by atoms with Crippen LogP contribution in [-0.2, 0) is 6.42 Å². The third-order valence-corrected chi connectivity index (χ3v) is 3.28. The Labute approximate surface area is 126 Å². The molecule has 0 spiro atoms. The zero-order chi connectivity index (χ0) is 15.4. The molecule has 0 fully saturated rings. The first-order chi connectivity index (χ1) is 10.0. The van der Waals surface area contributed by atoms with Gasteiger partial charge in [0.25, 0.3) is 0 Å². The molecule has 0 radical (unpaired) electrons. The van der Waals surface area contributed by atoms with E-state index in [-0.39, 0.29) is 6.10 Å². The van der Waals surface area contributed by atoms with Crippen molar-refractivity contribution < 1.29 is 4.74 Å². The number of nitrogens with zero attached hydrogens (tertiary/aromatic N) is 2. The maximum atomic E-state index is 5.74. The highest BCUT2D eigenvalue weighted by atomic mass is 16.5. The third kappa shape index (κ3) is 3.51. The Morgan fingerprint density at radius 1 is 1.24 bits per heavy atom. The second-order valence-electron chi connectivity index (χ2n) is 5.27. The average Bonchev–Trinajstić information content (AvgIpc) is 2.47. The fourth-order valence-electron chi connectivity index (χ4n) is 2.26. The summed E-state index contributed by atoms with van der Waals surface area (Å²) in [5, 5.41) is 3.14. The molecule has 1 N–H and O–H groups in total. The van der Waals surface area contributed by atoms with Crippen molar-refractivity contribution >= 4 is 5.82 Å². The molecular formula is C17H23N3O. The number of benzene rings is 1. The Balaban J connectivity index is 2.46. The number of hydrogen-bond donors (Lipinski definition) is 1. The van der Waals surface area contributed by atoms with E-state index in [0.29, 0.717) is 0 Å². The van der Waals surface area contributed by atoms with Gasteiger partial charge in [-0.1, -0.05) is 19.1 Å². The van der Waals surface area contributed by atoms with E-state index in [9.17, 15) is 0 Å². The van der Waals surface area contributed by atoms with E-state index < -0.39 is 0 Å². The van der Waals surface area contributed by atoms with E-state index in [1.807, 2.05) is 52.1 Å². The van der Waals surface area contributed by atoms with Crippen molar-refractivity contribution in [3.63, 3.8) is 0 Å². The van der Waals surface area contributed by atoms with Crippen LogP contribution in [0, 0.1) is 6.92 Å². The Morgan fingerprint density at radius 2 is 2.00 bits per heavy atom. The standard InChI is InChI=1S/C17H23N3O/c1-6-15-12(4)16(18-5)20-17(19-15)13-8-7-9-14(10-13)21-11(2)3/h7-11H,6H2,1-5H3,(H,18,19,20). The Hall–Kier alpha value is -2.10.